The molecular formula is C34H44N8O5. The van der Waals surface area contributed by atoms with Gasteiger partial charge in [-0.05, 0) is 56.2 Å². The fourth-order valence-electron chi connectivity index (χ4n) is 6.15. The first-order chi connectivity index (χ1) is 22.9. The van der Waals surface area contributed by atoms with Gasteiger partial charge in [-0.2, -0.15) is 0 Å². The molecule has 4 heterocycles. The van der Waals surface area contributed by atoms with Crippen LogP contribution in [0.1, 0.15) is 61.4 Å². The molecule has 1 aromatic carbocycles. The molecule has 2 amide bonds. The smallest absolute Gasteiger partial charge is 0.329 e. The Morgan fingerprint density at radius 2 is 1.81 bits per heavy atom. The molecule has 5 rings (SSSR count). The van der Waals surface area contributed by atoms with Crippen LogP contribution in [0.2, 0.25) is 0 Å². The maximum absolute atomic E-state index is 12.9. The van der Waals surface area contributed by atoms with Crippen molar-refractivity contribution in [1.82, 2.24) is 25.6 Å². The number of ether oxygens (including phenoxy) is 1. The van der Waals surface area contributed by atoms with Crippen molar-refractivity contribution in [2.45, 2.75) is 70.4 Å². The van der Waals surface area contributed by atoms with Crippen LogP contribution in [0.25, 0.3) is 0 Å². The predicted octanol–water partition coefficient (Wildman–Crippen LogP) is 3.51. The van der Waals surface area contributed by atoms with Crippen LogP contribution in [-0.4, -0.2) is 82.9 Å². The number of aromatic nitrogens is 3. The molecule has 0 aliphatic carbocycles. The quantitative estimate of drug-likeness (QED) is 0.173. The number of pyridine rings is 1. The zero-order chi connectivity index (χ0) is 33.2. The van der Waals surface area contributed by atoms with Gasteiger partial charge in [-0.1, -0.05) is 43.3 Å². The summed E-state index contributed by atoms with van der Waals surface area (Å²) in [5.41, 5.74) is 4.12. The number of hydrogen-bond acceptors (Lipinski definition) is 10. The van der Waals surface area contributed by atoms with Gasteiger partial charge >= 0.3 is 18.0 Å². The van der Waals surface area contributed by atoms with E-state index in [9.17, 15) is 19.5 Å². The van der Waals surface area contributed by atoms with Crippen molar-refractivity contribution in [2.24, 2.45) is 0 Å². The molecule has 5 N–H and O–H groups in total. The molecule has 1 unspecified atom stereocenters. The number of carbonyl (C=O) groups is 3. The van der Waals surface area contributed by atoms with E-state index in [-0.39, 0.29) is 19.6 Å². The van der Waals surface area contributed by atoms with E-state index in [0.29, 0.717) is 18.2 Å². The van der Waals surface area contributed by atoms with E-state index in [1.807, 2.05) is 37.3 Å². The monoisotopic (exact) mass is 644 g/mol. The van der Waals surface area contributed by atoms with Gasteiger partial charge in [0.2, 0.25) is 0 Å². The van der Waals surface area contributed by atoms with Crippen LogP contribution in [0.3, 0.4) is 0 Å². The van der Waals surface area contributed by atoms with Crippen LogP contribution in [-0.2, 0) is 33.6 Å². The highest BCUT2D eigenvalue weighted by Crippen LogP contribution is 2.33. The van der Waals surface area contributed by atoms with E-state index in [1.54, 1.807) is 6.92 Å². The summed E-state index contributed by atoms with van der Waals surface area (Å²) in [6, 6.07) is 10.5. The molecule has 0 saturated carbocycles. The molecule has 0 bridgehead atoms. The summed E-state index contributed by atoms with van der Waals surface area (Å²) < 4.78 is 5.14. The molecule has 2 aromatic heterocycles. The van der Waals surface area contributed by atoms with E-state index in [2.05, 4.69) is 48.3 Å². The van der Waals surface area contributed by atoms with Crippen LogP contribution in [0, 0.1) is 0 Å². The van der Waals surface area contributed by atoms with E-state index in [1.165, 1.54) is 11.9 Å². The van der Waals surface area contributed by atoms with E-state index >= 15 is 0 Å². The number of piperidine rings is 1. The number of carbonyl (C=O) groups excluding carboxylic acids is 2. The van der Waals surface area contributed by atoms with Crippen molar-refractivity contribution < 1.29 is 24.2 Å². The number of benzene rings is 1. The summed E-state index contributed by atoms with van der Waals surface area (Å²) in [7, 11) is 0. The zero-order valence-corrected chi connectivity index (χ0v) is 27.0. The first-order valence-electron chi connectivity index (χ1n) is 16.4. The second-order valence-electron chi connectivity index (χ2n) is 11.8. The molecule has 13 nitrogen and oxygen atoms in total. The first kappa shape index (κ1) is 33.4. The van der Waals surface area contributed by atoms with Crippen molar-refractivity contribution in [2.75, 3.05) is 48.3 Å². The highest BCUT2D eigenvalue weighted by atomic mass is 16.5. The lowest BCUT2D eigenvalue weighted by atomic mass is 9.92. The van der Waals surface area contributed by atoms with Gasteiger partial charge in [0, 0.05) is 49.8 Å². The SMILES string of the molecule is CCOC(=O)C(Cc1ccccc1)NC(=O)N[C@@H](CNc1ncnc(N2CCC(c3ccc4c(n3)NCCC4)CC2)c1CC)C(=O)O. The Morgan fingerprint density at radius 3 is 2.53 bits per heavy atom. The van der Waals surface area contributed by atoms with Crippen LogP contribution in [0.15, 0.2) is 48.8 Å². The van der Waals surface area contributed by atoms with Crippen LogP contribution in [0.5, 0.6) is 0 Å². The Balaban J connectivity index is 1.19. The van der Waals surface area contributed by atoms with Gasteiger partial charge in [-0.3, -0.25) is 0 Å². The Hall–Kier alpha value is -4.94. The highest BCUT2D eigenvalue weighted by molar-refractivity contribution is 5.87. The molecule has 250 valence electrons. The summed E-state index contributed by atoms with van der Waals surface area (Å²) in [5, 5.41) is 21.5. The maximum Gasteiger partial charge on any atom is 0.329 e. The number of esters is 1. The van der Waals surface area contributed by atoms with Gasteiger partial charge in [0.1, 0.15) is 35.9 Å². The fraction of sp³-hybridized carbons (Fsp3) is 0.471. The molecule has 0 spiro atoms. The van der Waals surface area contributed by atoms with Gasteiger partial charge in [-0.15, -0.1) is 0 Å². The Bertz CT molecular complexity index is 1530. The number of fused-ring (bicyclic) bond motifs is 1. The van der Waals surface area contributed by atoms with Gasteiger partial charge in [0.05, 0.1) is 6.61 Å². The van der Waals surface area contributed by atoms with Crippen LogP contribution >= 0.6 is 0 Å². The third-order valence-corrected chi connectivity index (χ3v) is 8.64. The molecule has 2 aliphatic heterocycles. The number of nitrogens with zero attached hydrogens (tertiary/aromatic N) is 4. The van der Waals surface area contributed by atoms with Gasteiger partial charge in [0.25, 0.3) is 0 Å². The Kier molecular flexibility index (Phi) is 11.4. The van der Waals surface area contributed by atoms with E-state index in [4.69, 9.17) is 9.72 Å². The van der Waals surface area contributed by atoms with Crippen LogP contribution < -0.4 is 26.2 Å². The van der Waals surface area contributed by atoms with Crippen molar-refractivity contribution >= 4 is 35.4 Å². The standard InChI is InChI=1S/C34H44N8O5/c1-3-25-30(36-20-28(32(43)44)41-34(46)40-27(33(45)47-4-2)19-22-9-6-5-7-10-22)37-21-38-31(25)42-17-14-23(15-18-42)26-13-12-24-11-8-16-35-29(24)39-26/h5-7,9-10,12-13,21,23,27-28H,3-4,8,11,14-20H2,1-2H3,(H,35,39)(H,43,44)(H,36,37,38)(H2,40,41,46)/t27?,28-/m0/s1. The lowest BCUT2D eigenvalue weighted by Crippen LogP contribution is -2.53. The fourth-order valence-corrected chi connectivity index (χ4v) is 6.15. The second-order valence-corrected chi connectivity index (χ2v) is 11.8. The van der Waals surface area contributed by atoms with Crippen molar-refractivity contribution in [1.29, 1.82) is 0 Å². The van der Waals surface area contributed by atoms with Crippen molar-refractivity contribution in [3.8, 4) is 0 Å². The predicted molar refractivity (Wildman–Crippen MR) is 179 cm³/mol. The average molecular weight is 645 g/mol. The minimum absolute atomic E-state index is 0.130. The highest BCUT2D eigenvalue weighted by Gasteiger charge is 2.28. The molecule has 3 aromatic rings. The van der Waals surface area contributed by atoms with Crippen molar-refractivity contribution in [3.05, 3.63) is 71.2 Å². The summed E-state index contributed by atoms with van der Waals surface area (Å²) in [6.45, 7) is 6.29. The lowest BCUT2D eigenvalue weighted by Gasteiger charge is -2.34. The number of amides is 2. The number of hydrogen-bond donors (Lipinski definition) is 5. The molecular weight excluding hydrogens is 600 g/mol. The van der Waals surface area contributed by atoms with E-state index in [0.717, 1.165) is 73.8 Å². The van der Waals surface area contributed by atoms with Gasteiger partial charge in [-0.25, -0.2) is 29.3 Å². The third-order valence-electron chi connectivity index (χ3n) is 8.64. The molecule has 2 aliphatic rings. The number of aryl methyl sites for hydroxylation is 1. The first-order valence-corrected chi connectivity index (χ1v) is 16.4. The zero-order valence-electron chi connectivity index (χ0n) is 27.0. The number of rotatable bonds is 13. The van der Waals surface area contributed by atoms with Gasteiger partial charge in [0.15, 0.2) is 0 Å². The van der Waals surface area contributed by atoms with Crippen LogP contribution in [0.4, 0.5) is 22.2 Å². The molecule has 0 radical (unpaired) electrons. The number of nitrogens with one attached hydrogen (secondary N) is 4. The Morgan fingerprint density at radius 1 is 1.04 bits per heavy atom. The maximum atomic E-state index is 12.9. The van der Waals surface area contributed by atoms with E-state index < -0.39 is 30.1 Å². The Labute approximate surface area is 274 Å². The van der Waals surface area contributed by atoms with Gasteiger partial charge < -0.3 is 36.0 Å². The molecule has 1 fully saturated rings. The largest absolute Gasteiger partial charge is 0.480 e. The number of urea groups is 1. The topological polar surface area (TPSA) is 171 Å². The average Bonchev–Trinajstić information content (AvgIpc) is 3.09. The second kappa shape index (κ2) is 16.1. The third kappa shape index (κ3) is 8.66. The molecule has 1 saturated heterocycles. The summed E-state index contributed by atoms with van der Waals surface area (Å²) >= 11 is 0. The normalized spacial score (nSPS) is 15.8. The molecule has 47 heavy (non-hydrogen) atoms. The number of anilines is 3. The lowest BCUT2D eigenvalue weighted by molar-refractivity contribution is -0.145. The summed E-state index contributed by atoms with van der Waals surface area (Å²) in [4.78, 5) is 53.8. The molecule has 2 atom stereocenters. The van der Waals surface area contributed by atoms with Crippen molar-refractivity contribution in [3.63, 3.8) is 0 Å². The molecule has 13 heteroatoms. The summed E-state index contributed by atoms with van der Waals surface area (Å²) in [6.07, 6.45) is 6.39. The minimum Gasteiger partial charge on any atom is -0.480 e. The number of aliphatic carboxylic acids is 1. The minimum atomic E-state index is -1.30. The summed E-state index contributed by atoms with van der Waals surface area (Å²) in [5.74, 6) is 0.896. The number of carboxylic acid groups (broad SMARTS) is 1. The number of carboxylic acids is 1.